The van der Waals surface area contributed by atoms with Gasteiger partial charge in [0.1, 0.15) is 17.7 Å². The minimum absolute atomic E-state index is 0.0679. The van der Waals surface area contributed by atoms with E-state index in [1.54, 1.807) is 20.8 Å². The molecule has 0 bridgehead atoms. The maximum Gasteiger partial charge on any atom is 0.411 e. The molecule has 8 heteroatoms. The highest BCUT2D eigenvalue weighted by molar-refractivity contribution is 6.07. The Morgan fingerprint density at radius 2 is 1.81 bits per heavy atom. The first kappa shape index (κ1) is 26.2. The van der Waals surface area contributed by atoms with Crippen molar-refractivity contribution in [2.24, 2.45) is 0 Å². The zero-order valence-corrected chi connectivity index (χ0v) is 22.0. The van der Waals surface area contributed by atoms with Crippen molar-refractivity contribution in [3.05, 3.63) is 65.7 Å². The zero-order chi connectivity index (χ0) is 27.0. The maximum absolute atomic E-state index is 14.3. The average molecular weight is 503 g/mol. The summed E-state index contributed by atoms with van der Waals surface area (Å²) in [6.45, 7) is 9.08. The van der Waals surface area contributed by atoms with E-state index in [2.05, 4.69) is 11.4 Å². The third-order valence-corrected chi connectivity index (χ3v) is 6.97. The van der Waals surface area contributed by atoms with Crippen LogP contribution in [0.25, 0.3) is 0 Å². The molecule has 1 fully saturated rings. The molecule has 3 atom stereocenters. The molecule has 0 aromatic heterocycles. The molecular formula is C29H34N4O4. The number of fused-ring (bicyclic) bond motifs is 2. The highest BCUT2D eigenvalue weighted by Crippen LogP contribution is 2.46. The molecule has 2 aromatic rings. The SMILES string of the molecule is CC(C)N(C(=O)OC(C)(C)C)[C@@H](Cc1ccccc1)C(=O)N1C[C@]2(C[C@H]1C#N)C(=O)Nc1ccccc12. The fourth-order valence-electron chi connectivity index (χ4n) is 5.33. The number of para-hydroxylation sites is 1. The van der Waals surface area contributed by atoms with E-state index in [-0.39, 0.29) is 37.2 Å². The van der Waals surface area contributed by atoms with E-state index in [1.807, 2.05) is 68.4 Å². The minimum atomic E-state index is -1.00. The van der Waals surface area contributed by atoms with Crippen LogP contribution in [0.2, 0.25) is 0 Å². The van der Waals surface area contributed by atoms with Gasteiger partial charge in [0.2, 0.25) is 11.8 Å². The summed E-state index contributed by atoms with van der Waals surface area (Å²) in [6, 6.07) is 17.0. The van der Waals surface area contributed by atoms with Crippen LogP contribution in [0.5, 0.6) is 0 Å². The Hall–Kier alpha value is -3.86. The van der Waals surface area contributed by atoms with E-state index in [1.165, 1.54) is 9.80 Å². The summed E-state index contributed by atoms with van der Waals surface area (Å²) in [6.07, 6.45) is -0.144. The summed E-state index contributed by atoms with van der Waals surface area (Å²) < 4.78 is 5.69. The van der Waals surface area contributed by atoms with Crippen molar-refractivity contribution >= 4 is 23.6 Å². The van der Waals surface area contributed by atoms with E-state index in [0.717, 1.165) is 11.1 Å². The number of ether oxygens (including phenoxy) is 1. The smallest absolute Gasteiger partial charge is 0.411 e. The van der Waals surface area contributed by atoms with Crippen LogP contribution in [-0.2, 0) is 26.2 Å². The molecule has 0 aliphatic carbocycles. The third kappa shape index (κ3) is 5.04. The standard InChI is InChI=1S/C29H34N4O4/c1-19(2)33(27(36)37-28(3,4)5)24(15-20-11-7-6-8-12-20)25(34)32-18-29(16-21(32)17-30)22-13-9-10-14-23(22)31-26(29)35/h6-14,19,21,24H,15-16,18H2,1-5H3,(H,31,35)/t21-,24-,29-/m0/s1. The predicted octanol–water partition coefficient (Wildman–Crippen LogP) is 4.26. The first-order chi connectivity index (χ1) is 17.5. The Kier molecular flexibility index (Phi) is 7.00. The second kappa shape index (κ2) is 9.89. The van der Waals surface area contributed by atoms with Gasteiger partial charge >= 0.3 is 6.09 Å². The zero-order valence-electron chi connectivity index (χ0n) is 22.0. The number of rotatable bonds is 5. The van der Waals surface area contributed by atoms with E-state index in [9.17, 15) is 19.6 Å². The van der Waals surface area contributed by atoms with E-state index >= 15 is 0 Å². The van der Waals surface area contributed by atoms with Crippen LogP contribution < -0.4 is 5.32 Å². The first-order valence-electron chi connectivity index (χ1n) is 12.6. The van der Waals surface area contributed by atoms with Crippen LogP contribution in [0.3, 0.4) is 0 Å². The number of hydrogen-bond donors (Lipinski definition) is 1. The number of carbonyl (C=O) groups excluding carboxylic acids is 3. The number of anilines is 1. The van der Waals surface area contributed by atoms with Gasteiger partial charge in [-0.1, -0.05) is 48.5 Å². The molecule has 2 aliphatic heterocycles. The van der Waals surface area contributed by atoms with Crippen molar-refractivity contribution in [2.75, 3.05) is 11.9 Å². The lowest BCUT2D eigenvalue weighted by Gasteiger charge is -2.38. The molecule has 8 nitrogen and oxygen atoms in total. The van der Waals surface area contributed by atoms with Crippen molar-refractivity contribution < 1.29 is 19.1 Å². The van der Waals surface area contributed by atoms with Crippen LogP contribution in [0.15, 0.2) is 54.6 Å². The van der Waals surface area contributed by atoms with Crippen LogP contribution in [0.1, 0.15) is 52.2 Å². The van der Waals surface area contributed by atoms with Gasteiger partial charge in [0, 0.05) is 31.1 Å². The number of nitrogens with zero attached hydrogens (tertiary/aromatic N) is 3. The number of benzene rings is 2. The van der Waals surface area contributed by atoms with Crippen molar-refractivity contribution in [2.45, 2.75) is 76.6 Å². The minimum Gasteiger partial charge on any atom is -0.444 e. The molecule has 1 spiro atoms. The fourth-order valence-corrected chi connectivity index (χ4v) is 5.33. The summed E-state index contributed by atoms with van der Waals surface area (Å²) in [4.78, 5) is 43.8. The van der Waals surface area contributed by atoms with Gasteiger partial charge in [0.15, 0.2) is 0 Å². The lowest BCUT2D eigenvalue weighted by molar-refractivity contribution is -0.138. The molecule has 2 heterocycles. The Morgan fingerprint density at radius 3 is 2.43 bits per heavy atom. The second-order valence-corrected chi connectivity index (χ2v) is 11.1. The van der Waals surface area contributed by atoms with Crippen LogP contribution in [-0.4, -0.2) is 58.0 Å². The van der Waals surface area contributed by atoms with Gasteiger partial charge in [-0.25, -0.2) is 4.79 Å². The largest absolute Gasteiger partial charge is 0.444 e. The molecule has 0 radical (unpaired) electrons. The number of nitriles is 1. The van der Waals surface area contributed by atoms with Gasteiger partial charge in [-0.3, -0.25) is 14.5 Å². The van der Waals surface area contributed by atoms with Gasteiger partial charge < -0.3 is 15.0 Å². The Bertz CT molecular complexity index is 1230. The number of nitrogens with one attached hydrogen (secondary N) is 1. The van der Waals surface area contributed by atoms with E-state index < -0.39 is 29.2 Å². The van der Waals surface area contributed by atoms with Crippen LogP contribution in [0.4, 0.5) is 10.5 Å². The molecular weight excluding hydrogens is 468 g/mol. The van der Waals surface area contributed by atoms with Crippen molar-refractivity contribution in [3.8, 4) is 6.07 Å². The Balaban J connectivity index is 1.73. The Morgan fingerprint density at radius 1 is 1.16 bits per heavy atom. The van der Waals surface area contributed by atoms with Gasteiger partial charge in [-0.2, -0.15) is 5.26 Å². The molecule has 37 heavy (non-hydrogen) atoms. The van der Waals surface area contributed by atoms with Gasteiger partial charge in [-0.15, -0.1) is 0 Å². The Labute approximate surface area is 218 Å². The lowest BCUT2D eigenvalue weighted by Crippen LogP contribution is -2.56. The molecule has 1 saturated heterocycles. The number of carbonyl (C=O) groups is 3. The second-order valence-electron chi connectivity index (χ2n) is 11.1. The van der Waals surface area contributed by atoms with Crippen molar-refractivity contribution in [3.63, 3.8) is 0 Å². The van der Waals surface area contributed by atoms with Gasteiger partial charge in [-0.05, 0) is 51.8 Å². The van der Waals surface area contributed by atoms with Gasteiger partial charge in [0.05, 0.1) is 11.5 Å². The van der Waals surface area contributed by atoms with Crippen LogP contribution >= 0.6 is 0 Å². The topological polar surface area (TPSA) is 103 Å². The number of likely N-dealkylation sites (tertiary alicyclic amines) is 1. The predicted molar refractivity (Wildman–Crippen MR) is 140 cm³/mol. The lowest BCUT2D eigenvalue weighted by atomic mass is 9.80. The summed E-state index contributed by atoms with van der Waals surface area (Å²) in [5.74, 6) is -0.583. The molecule has 0 unspecified atom stereocenters. The quantitative estimate of drug-likeness (QED) is 0.658. The highest BCUT2D eigenvalue weighted by Gasteiger charge is 2.57. The fraction of sp³-hybridized carbons (Fsp3) is 0.448. The van der Waals surface area contributed by atoms with Gasteiger partial charge in [0.25, 0.3) is 0 Å². The summed E-state index contributed by atoms with van der Waals surface area (Å²) in [5, 5.41) is 13.0. The summed E-state index contributed by atoms with van der Waals surface area (Å²) in [5.41, 5.74) is 0.628. The van der Waals surface area contributed by atoms with Crippen molar-refractivity contribution in [1.29, 1.82) is 5.26 Å². The molecule has 2 aliphatic rings. The van der Waals surface area contributed by atoms with Crippen LogP contribution in [0, 0.1) is 11.3 Å². The maximum atomic E-state index is 14.3. The number of hydrogen-bond acceptors (Lipinski definition) is 5. The summed E-state index contributed by atoms with van der Waals surface area (Å²) >= 11 is 0. The van der Waals surface area contributed by atoms with E-state index in [0.29, 0.717) is 5.69 Å². The molecule has 4 rings (SSSR count). The first-order valence-corrected chi connectivity index (χ1v) is 12.6. The summed E-state index contributed by atoms with van der Waals surface area (Å²) in [7, 11) is 0. The van der Waals surface area contributed by atoms with E-state index in [4.69, 9.17) is 4.74 Å². The monoisotopic (exact) mass is 502 g/mol. The molecule has 0 saturated carbocycles. The third-order valence-electron chi connectivity index (χ3n) is 6.97. The molecule has 194 valence electrons. The molecule has 1 N–H and O–H groups in total. The normalized spacial score (nSPS) is 21.4. The average Bonchev–Trinajstić information content (AvgIpc) is 3.36. The van der Waals surface area contributed by atoms with Crippen molar-refractivity contribution in [1.82, 2.24) is 9.80 Å². The molecule has 2 aromatic carbocycles. The number of amides is 3. The highest BCUT2D eigenvalue weighted by atomic mass is 16.6. The molecule has 3 amide bonds.